The van der Waals surface area contributed by atoms with E-state index in [9.17, 15) is 4.57 Å². The highest BCUT2D eigenvalue weighted by atomic mass is 31.2. The molecule has 17 heavy (non-hydrogen) atoms. The van der Waals surface area contributed by atoms with Crippen LogP contribution in [0.5, 0.6) is 0 Å². The highest BCUT2D eigenvalue weighted by molar-refractivity contribution is 7.46. The van der Waals surface area contributed by atoms with Gasteiger partial charge < -0.3 is 9.79 Å². The van der Waals surface area contributed by atoms with Gasteiger partial charge in [0.1, 0.15) is 0 Å². The number of hydrogen-bond donors (Lipinski definition) is 2. The molecule has 0 saturated heterocycles. The van der Waals surface area contributed by atoms with Crippen molar-refractivity contribution >= 4 is 7.82 Å². The van der Waals surface area contributed by atoms with E-state index in [4.69, 9.17) is 14.3 Å². The van der Waals surface area contributed by atoms with Gasteiger partial charge in [-0.15, -0.1) is 0 Å². The van der Waals surface area contributed by atoms with Crippen LogP contribution in [-0.4, -0.2) is 15.9 Å². The standard InChI is InChI=1S/C12H25O4P/c1-8(2)10-5-11(9(3)4)7-12(6-10)16-17(13,14)15/h8-12H,5-7H2,1-4H3,(H2,13,14,15)/t10-,11+,12?. The first-order chi connectivity index (χ1) is 7.69. The van der Waals surface area contributed by atoms with E-state index in [1.807, 2.05) is 0 Å². The Hall–Kier alpha value is 0.110. The molecule has 1 aliphatic rings. The summed E-state index contributed by atoms with van der Waals surface area (Å²) < 4.78 is 15.8. The van der Waals surface area contributed by atoms with Gasteiger partial charge in [0.05, 0.1) is 6.10 Å². The summed E-state index contributed by atoms with van der Waals surface area (Å²) in [7, 11) is -4.35. The van der Waals surface area contributed by atoms with Crippen LogP contribution in [-0.2, 0) is 9.09 Å². The minimum absolute atomic E-state index is 0.288. The molecule has 0 heterocycles. The maximum atomic E-state index is 10.9. The van der Waals surface area contributed by atoms with Crippen LogP contribution >= 0.6 is 7.82 Å². The molecule has 0 bridgehead atoms. The SMILES string of the molecule is CC(C)[C@@H]1CC(OP(=O)(O)O)C[C@H](C(C)C)C1. The zero-order valence-electron chi connectivity index (χ0n) is 11.2. The number of phosphoric ester groups is 1. The van der Waals surface area contributed by atoms with Crippen LogP contribution in [0.2, 0.25) is 0 Å². The second-order valence-corrected chi connectivity index (χ2v) is 7.13. The predicted octanol–water partition coefficient (Wildman–Crippen LogP) is 3.19. The number of phosphoric acid groups is 1. The molecule has 0 aliphatic heterocycles. The van der Waals surface area contributed by atoms with E-state index in [0.29, 0.717) is 23.7 Å². The lowest BCUT2D eigenvalue weighted by molar-refractivity contribution is 0.0357. The van der Waals surface area contributed by atoms with Crippen molar-refractivity contribution in [3.63, 3.8) is 0 Å². The smallest absolute Gasteiger partial charge is 0.303 e. The van der Waals surface area contributed by atoms with Crippen LogP contribution in [0.4, 0.5) is 0 Å². The fraction of sp³-hybridized carbons (Fsp3) is 1.00. The second kappa shape index (κ2) is 5.83. The molecule has 2 N–H and O–H groups in total. The Bertz CT molecular complexity index is 268. The van der Waals surface area contributed by atoms with Crippen LogP contribution < -0.4 is 0 Å². The normalized spacial score (nSPS) is 31.2. The molecule has 1 saturated carbocycles. The first kappa shape index (κ1) is 15.2. The van der Waals surface area contributed by atoms with E-state index in [1.54, 1.807) is 0 Å². The fourth-order valence-electron chi connectivity index (χ4n) is 2.72. The Kier molecular flexibility index (Phi) is 5.21. The molecular formula is C12H25O4P. The van der Waals surface area contributed by atoms with Crippen LogP contribution in [0.15, 0.2) is 0 Å². The van der Waals surface area contributed by atoms with Gasteiger partial charge in [-0.1, -0.05) is 27.7 Å². The fourth-order valence-corrected chi connectivity index (χ4v) is 3.28. The van der Waals surface area contributed by atoms with Crippen LogP contribution in [0, 0.1) is 23.7 Å². The largest absolute Gasteiger partial charge is 0.469 e. The number of hydrogen-bond acceptors (Lipinski definition) is 2. The van der Waals surface area contributed by atoms with E-state index in [1.165, 1.54) is 0 Å². The molecule has 1 fully saturated rings. The Balaban J connectivity index is 2.68. The van der Waals surface area contributed by atoms with Crippen molar-refractivity contribution in [2.75, 3.05) is 0 Å². The summed E-state index contributed by atoms with van der Waals surface area (Å²) in [4.78, 5) is 17.8. The molecule has 0 aromatic carbocycles. The zero-order valence-corrected chi connectivity index (χ0v) is 12.1. The molecule has 3 atom stereocenters. The first-order valence-corrected chi connectivity index (χ1v) is 7.96. The van der Waals surface area contributed by atoms with Crippen LogP contribution in [0.3, 0.4) is 0 Å². The predicted molar refractivity (Wildman–Crippen MR) is 67.4 cm³/mol. The topological polar surface area (TPSA) is 66.8 Å². The van der Waals surface area contributed by atoms with Crippen LogP contribution in [0.25, 0.3) is 0 Å². The molecule has 0 spiro atoms. The van der Waals surface area contributed by atoms with Gasteiger partial charge in [0.25, 0.3) is 0 Å². The van der Waals surface area contributed by atoms with Gasteiger partial charge in [0.15, 0.2) is 0 Å². The van der Waals surface area contributed by atoms with Crippen molar-refractivity contribution in [3.05, 3.63) is 0 Å². The summed E-state index contributed by atoms with van der Waals surface area (Å²) in [6.07, 6.45) is 2.40. The lowest BCUT2D eigenvalue weighted by Crippen LogP contribution is -2.32. The Morgan fingerprint density at radius 2 is 1.41 bits per heavy atom. The Morgan fingerprint density at radius 3 is 1.71 bits per heavy atom. The molecule has 1 rings (SSSR count). The quantitative estimate of drug-likeness (QED) is 0.765. The molecule has 0 aromatic heterocycles. The van der Waals surface area contributed by atoms with Crippen molar-refractivity contribution in [1.29, 1.82) is 0 Å². The van der Waals surface area contributed by atoms with Gasteiger partial charge in [-0.2, -0.15) is 0 Å². The van der Waals surface area contributed by atoms with Crippen molar-refractivity contribution in [2.24, 2.45) is 23.7 Å². The number of rotatable bonds is 4. The third-order valence-corrected chi connectivity index (χ3v) is 4.48. The second-order valence-electron chi connectivity index (χ2n) is 5.93. The van der Waals surface area contributed by atoms with Gasteiger partial charge in [-0.05, 0) is 42.9 Å². The maximum absolute atomic E-state index is 10.9. The van der Waals surface area contributed by atoms with Crippen molar-refractivity contribution in [2.45, 2.75) is 53.1 Å². The van der Waals surface area contributed by atoms with E-state index in [2.05, 4.69) is 27.7 Å². The average Bonchev–Trinajstić information content (AvgIpc) is 2.14. The summed E-state index contributed by atoms with van der Waals surface area (Å²) in [5.41, 5.74) is 0. The average molecular weight is 264 g/mol. The van der Waals surface area contributed by atoms with Crippen molar-refractivity contribution in [1.82, 2.24) is 0 Å². The minimum atomic E-state index is -4.35. The highest BCUT2D eigenvalue weighted by Gasteiger charge is 2.35. The summed E-state index contributed by atoms with van der Waals surface area (Å²) in [6.45, 7) is 8.67. The lowest BCUT2D eigenvalue weighted by atomic mass is 9.71. The molecule has 0 radical (unpaired) electrons. The zero-order chi connectivity index (χ0) is 13.2. The summed E-state index contributed by atoms with van der Waals surface area (Å²) in [5.74, 6) is 2.10. The Labute approximate surface area is 104 Å². The summed E-state index contributed by atoms with van der Waals surface area (Å²) >= 11 is 0. The van der Waals surface area contributed by atoms with E-state index < -0.39 is 7.82 Å². The first-order valence-electron chi connectivity index (χ1n) is 6.43. The molecule has 1 aliphatic carbocycles. The minimum Gasteiger partial charge on any atom is -0.303 e. The van der Waals surface area contributed by atoms with Gasteiger partial charge in [-0.3, -0.25) is 4.52 Å². The van der Waals surface area contributed by atoms with Gasteiger partial charge in [-0.25, -0.2) is 4.57 Å². The van der Waals surface area contributed by atoms with Crippen LogP contribution in [0.1, 0.15) is 47.0 Å². The van der Waals surface area contributed by atoms with Crippen molar-refractivity contribution < 1.29 is 18.9 Å². The van der Waals surface area contributed by atoms with Gasteiger partial charge >= 0.3 is 7.82 Å². The molecular weight excluding hydrogens is 239 g/mol. The maximum Gasteiger partial charge on any atom is 0.469 e. The highest BCUT2D eigenvalue weighted by Crippen LogP contribution is 2.45. The van der Waals surface area contributed by atoms with Gasteiger partial charge in [0.2, 0.25) is 0 Å². The lowest BCUT2D eigenvalue weighted by Gasteiger charge is -2.38. The van der Waals surface area contributed by atoms with Gasteiger partial charge in [0, 0.05) is 0 Å². The molecule has 1 unspecified atom stereocenters. The monoisotopic (exact) mass is 264 g/mol. The molecule has 4 nitrogen and oxygen atoms in total. The molecule has 5 heteroatoms. The van der Waals surface area contributed by atoms with E-state index in [-0.39, 0.29) is 6.10 Å². The van der Waals surface area contributed by atoms with E-state index >= 15 is 0 Å². The summed E-state index contributed by atoms with van der Waals surface area (Å²) in [5, 5.41) is 0. The van der Waals surface area contributed by atoms with Crippen molar-refractivity contribution in [3.8, 4) is 0 Å². The Morgan fingerprint density at radius 1 is 1.00 bits per heavy atom. The van der Waals surface area contributed by atoms with E-state index in [0.717, 1.165) is 19.3 Å². The molecule has 0 aromatic rings. The third kappa shape index (κ3) is 5.09. The molecule has 0 amide bonds. The third-order valence-electron chi connectivity index (χ3n) is 3.91. The summed E-state index contributed by atoms with van der Waals surface area (Å²) in [6, 6.07) is 0. The molecule has 102 valence electrons.